The molecule has 3 unspecified atom stereocenters. The minimum Gasteiger partial charge on any atom is -0.496 e. The molecule has 4 rings (SSSR count). The molecule has 284 valence electrons. The Labute approximate surface area is 298 Å². The number of carbonyl (C=O) groups is 2. The van der Waals surface area contributed by atoms with Gasteiger partial charge in [0.05, 0.1) is 37.9 Å². The first-order valence-electron chi connectivity index (χ1n) is 15.2. The standard InChI is InChI=1S/C36H30F10NO5P/c1-17(34(38,39)40)10-21(11-18(2)35(41,42)43)31-19(3)47(33(49)52-31)16-22-12-23(36(44,45)46)7-9-24(22)26-14-27(30(53)15-29(26)50-4)25-8-6-20(13-28(25)37)32(48)51-5/h6-15,19,31H,1,16,53H2,2-5H3/b18-11+,21-10+. The fraction of sp³-hybridized carbons (Fsp3) is 0.278. The van der Waals surface area contributed by atoms with Crippen molar-refractivity contribution in [3.63, 3.8) is 0 Å². The van der Waals surface area contributed by atoms with Crippen molar-refractivity contribution in [2.75, 3.05) is 14.2 Å². The summed E-state index contributed by atoms with van der Waals surface area (Å²) in [4.78, 5) is 26.0. The minimum atomic E-state index is -5.06. The van der Waals surface area contributed by atoms with E-state index in [2.05, 4.69) is 20.6 Å². The average Bonchev–Trinajstić information content (AvgIpc) is 3.34. The molecule has 3 aromatic carbocycles. The summed E-state index contributed by atoms with van der Waals surface area (Å²) >= 11 is 0. The van der Waals surface area contributed by atoms with Gasteiger partial charge in [-0.25, -0.2) is 14.0 Å². The van der Waals surface area contributed by atoms with E-state index in [9.17, 15) is 49.1 Å². The van der Waals surface area contributed by atoms with Crippen LogP contribution in [0, 0.1) is 5.82 Å². The Kier molecular flexibility index (Phi) is 11.8. The molecule has 0 aromatic heterocycles. The van der Waals surface area contributed by atoms with Crippen molar-refractivity contribution in [3.05, 3.63) is 106 Å². The molecule has 3 aromatic rings. The predicted molar refractivity (Wildman–Crippen MR) is 178 cm³/mol. The Hall–Kier alpha value is -4.85. The van der Waals surface area contributed by atoms with Crippen LogP contribution < -0.4 is 10.0 Å². The van der Waals surface area contributed by atoms with E-state index >= 15 is 4.39 Å². The van der Waals surface area contributed by atoms with Gasteiger partial charge >= 0.3 is 30.6 Å². The lowest BCUT2D eigenvalue weighted by Gasteiger charge is -2.25. The molecule has 6 nitrogen and oxygen atoms in total. The molecule has 1 aliphatic heterocycles. The molecule has 0 radical (unpaired) electrons. The number of carbonyl (C=O) groups excluding carboxylic acids is 2. The summed E-state index contributed by atoms with van der Waals surface area (Å²) < 4.78 is 153. The number of cyclic esters (lactones) is 1. The van der Waals surface area contributed by atoms with Gasteiger partial charge < -0.3 is 14.2 Å². The molecular weight excluding hydrogens is 747 g/mol. The topological polar surface area (TPSA) is 65.1 Å². The molecule has 1 heterocycles. The summed E-state index contributed by atoms with van der Waals surface area (Å²) in [6, 6.07) is 7.63. The Morgan fingerprint density at radius 1 is 0.906 bits per heavy atom. The lowest BCUT2D eigenvalue weighted by atomic mass is 9.92. The van der Waals surface area contributed by atoms with E-state index in [1.165, 1.54) is 38.3 Å². The van der Waals surface area contributed by atoms with Gasteiger partial charge in [-0.3, -0.25) is 4.90 Å². The second kappa shape index (κ2) is 15.2. The third-order valence-electron chi connectivity index (χ3n) is 8.37. The monoisotopic (exact) mass is 777 g/mol. The molecule has 0 saturated carbocycles. The third-order valence-corrected chi connectivity index (χ3v) is 8.85. The number of hydrogen-bond acceptors (Lipinski definition) is 5. The molecule has 0 spiro atoms. The number of halogens is 10. The number of methoxy groups -OCH3 is 2. The van der Waals surface area contributed by atoms with Crippen LogP contribution in [0.2, 0.25) is 0 Å². The number of allylic oxidation sites excluding steroid dienone is 3. The molecule has 17 heteroatoms. The zero-order chi connectivity index (χ0) is 39.8. The van der Waals surface area contributed by atoms with Crippen molar-refractivity contribution >= 4 is 26.6 Å². The van der Waals surface area contributed by atoms with E-state index < -0.39 is 77.4 Å². The van der Waals surface area contributed by atoms with Gasteiger partial charge in [-0.2, -0.15) is 39.5 Å². The zero-order valence-electron chi connectivity index (χ0n) is 28.2. The van der Waals surface area contributed by atoms with Crippen LogP contribution in [-0.4, -0.2) is 55.7 Å². The first-order valence-corrected chi connectivity index (χ1v) is 15.8. The highest BCUT2D eigenvalue weighted by atomic mass is 31.0. The van der Waals surface area contributed by atoms with Gasteiger partial charge in [0.15, 0.2) is 0 Å². The van der Waals surface area contributed by atoms with Gasteiger partial charge in [0.1, 0.15) is 17.7 Å². The summed E-state index contributed by atoms with van der Waals surface area (Å²) in [7, 11) is 4.75. The molecule has 53 heavy (non-hydrogen) atoms. The fourth-order valence-corrected chi connectivity index (χ4v) is 5.90. The largest absolute Gasteiger partial charge is 0.496 e. The number of esters is 1. The van der Waals surface area contributed by atoms with Crippen molar-refractivity contribution in [2.24, 2.45) is 0 Å². The van der Waals surface area contributed by atoms with E-state index in [0.717, 1.165) is 36.3 Å². The summed E-state index contributed by atoms with van der Waals surface area (Å²) in [6.45, 7) is 4.03. The van der Waals surface area contributed by atoms with E-state index in [1.54, 1.807) is 0 Å². The van der Waals surface area contributed by atoms with E-state index in [4.69, 9.17) is 9.47 Å². The third kappa shape index (κ3) is 9.03. The van der Waals surface area contributed by atoms with Crippen molar-refractivity contribution in [2.45, 2.75) is 51.1 Å². The lowest BCUT2D eigenvalue weighted by molar-refractivity contribution is -0.137. The van der Waals surface area contributed by atoms with E-state index in [1.807, 2.05) is 0 Å². The highest BCUT2D eigenvalue weighted by Gasteiger charge is 2.43. The maximum absolute atomic E-state index is 15.4. The maximum Gasteiger partial charge on any atom is 0.416 e. The summed E-state index contributed by atoms with van der Waals surface area (Å²) in [5.74, 6) is -1.54. The summed E-state index contributed by atoms with van der Waals surface area (Å²) in [5, 5.41) is 0.380. The number of rotatable bonds is 9. The number of nitrogens with zero attached hydrogens (tertiary/aromatic N) is 1. The normalized spacial score (nSPS) is 17.2. The molecule has 1 saturated heterocycles. The predicted octanol–water partition coefficient (Wildman–Crippen LogP) is 9.74. The van der Waals surface area contributed by atoms with Crippen LogP contribution >= 0.6 is 9.24 Å². The SMILES string of the molecule is C=C(/C=C(\C=C(/C)C(F)(F)F)C1OC(=O)N(Cc2cc(C(F)(F)F)ccc2-c2cc(-c3ccc(C(=O)OC)cc3F)c(P)cc2OC)C1C)C(F)(F)F. The number of amides is 1. The minimum absolute atomic E-state index is 0.0124. The molecule has 1 aliphatic rings. The summed E-state index contributed by atoms with van der Waals surface area (Å²) in [5.41, 5.74) is -4.63. The van der Waals surface area contributed by atoms with Gasteiger partial charge in [0.25, 0.3) is 0 Å². The summed E-state index contributed by atoms with van der Waals surface area (Å²) in [6.07, 6.45) is -17.2. The van der Waals surface area contributed by atoms with Gasteiger partial charge in [0, 0.05) is 22.3 Å². The Bertz CT molecular complexity index is 2000. The lowest BCUT2D eigenvalue weighted by Crippen LogP contribution is -2.34. The van der Waals surface area contributed by atoms with Gasteiger partial charge in [-0.1, -0.05) is 18.7 Å². The molecule has 0 bridgehead atoms. The van der Waals surface area contributed by atoms with Crippen molar-refractivity contribution in [1.29, 1.82) is 0 Å². The molecule has 0 N–H and O–H groups in total. The average molecular weight is 778 g/mol. The van der Waals surface area contributed by atoms with Crippen LogP contribution in [0.15, 0.2) is 84.0 Å². The van der Waals surface area contributed by atoms with E-state index in [-0.39, 0.29) is 39.1 Å². The zero-order valence-corrected chi connectivity index (χ0v) is 29.3. The van der Waals surface area contributed by atoms with Crippen molar-refractivity contribution in [1.82, 2.24) is 4.90 Å². The van der Waals surface area contributed by atoms with Crippen LogP contribution in [-0.2, 0) is 22.2 Å². The molecule has 0 aliphatic carbocycles. The number of ether oxygens (including phenoxy) is 3. The number of benzene rings is 3. The quantitative estimate of drug-likeness (QED) is 0.0938. The smallest absolute Gasteiger partial charge is 0.416 e. The van der Waals surface area contributed by atoms with Crippen LogP contribution in [0.25, 0.3) is 22.3 Å². The van der Waals surface area contributed by atoms with Crippen LogP contribution in [0.1, 0.15) is 35.3 Å². The van der Waals surface area contributed by atoms with Gasteiger partial charge in [-0.15, -0.1) is 9.24 Å². The van der Waals surface area contributed by atoms with Gasteiger partial charge in [-0.05, 0) is 90.0 Å². The number of alkyl halides is 9. The maximum atomic E-state index is 15.4. The second-order valence-corrected chi connectivity index (χ2v) is 12.5. The van der Waals surface area contributed by atoms with Crippen molar-refractivity contribution in [3.8, 4) is 28.0 Å². The Morgan fingerprint density at radius 2 is 1.55 bits per heavy atom. The molecule has 3 atom stereocenters. The highest BCUT2D eigenvalue weighted by Crippen LogP contribution is 2.41. The molecular formula is C36H30F10NO5P. The van der Waals surface area contributed by atoms with Crippen LogP contribution in [0.5, 0.6) is 5.75 Å². The molecule has 1 fully saturated rings. The first-order chi connectivity index (χ1) is 24.5. The fourth-order valence-electron chi connectivity index (χ4n) is 5.51. The second-order valence-electron chi connectivity index (χ2n) is 11.9. The number of hydrogen-bond donors (Lipinski definition) is 0. The van der Waals surface area contributed by atoms with Crippen LogP contribution in [0.3, 0.4) is 0 Å². The Balaban J connectivity index is 1.87. The van der Waals surface area contributed by atoms with Crippen molar-refractivity contribution < 1.29 is 67.7 Å². The first kappa shape index (κ1) is 40.9. The van der Waals surface area contributed by atoms with Gasteiger partial charge in [0.2, 0.25) is 0 Å². The van der Waals surface area contributed by atoms with Crippen LogP contribution in [0.4, 0.5) is 48.7 Å². The Morgan fingerprint density at radius 3 is 2.09 bits per heavy atom. The highest BCUT2D eigenvalue weighted by molar-refractivity contribution is 7.28. The van der Waals surface area contributed by atoms with E-state index in [0.29, 0.717) is 24.4 Å². The molecule has 1 amide bonds.